The number of benzene rings is 1. The third-order valence-corrected chi connectivity index (χ3v) is 3.02. The van der Waals surface area contributed by atoms with Gasteiger partial charge >= 0.3 is 0 Å². The Morgan fingerprint density at radius 1 is 1.47 bits per heavy atom. The molecule has 1 aromatic rings. The molecule has 0 saturated carbocycles. The van der Waals surface area contributed by atoms with Crippen molar-refractivity contribution in [2.45, 2.75) is 38.3 Å². The van der Waals surface area contributed by atoms with Crippen molar-refractivity contribution < 1.29 is 9.18 Å². The second-order valence-corrected chi connectivity index (χ2v) is 4.55. The van der Waals surface area contributed by atoms with Crippen LogP contribution in [0.3, 0.4) is 0 Å². The highest BCUT2D eigenvalue weighted by molar-refractivity contribution is 5.94. The van der Waals surface area contributed by atoms with Gasteiger partial charge in [-0.15, -0.1) is 0 Å². The van der Waals surface area contributed by atoms with Gasteiger partial charge in [-0.05, 0) is 44.4 Å². The number of hydrogen-bond donors (Lipinski definition) is 2. The Bertz CT molecular complexity index is 408. The normalized spacial score (nSPS) is 24.4. The second kappa shape index (κ2) is 5.27. The summed E-state index contributed by atoms with van der Waals surface area (Å²) in [5.41, 5.74) is 0.509. The number of amides is 1. The fourth-order valence-corrected chi connectivity index (χ4v) is 2.14. The number of carbonyl (C=O) groups excluding carboxylic acids is 1. The maximum Gasteiger partial charge on any atom is 0.241 e. The van der Waals surface area contributed by atoms with Gasteiger partial charge < -0.3 is 10.6 Å². The van der Waals surface area contributed by atoms with Crippen molar-refractivity contribution in [2.24, 2.45) is 0 Å². The first kappa shape index (κ1) is 12.0. The van der Waals surface area contributed by atoms with Crippen molar-refractivity contribution >= 4 is 11.6 Å². The molecule has 1 aromatic carbocycles. The Labute approximate surface area is 100 Å². The number of anilines is 1. The Hall–Kier alpha value is -1.42. The van der Waals surface area contributed by atoms with Gasteiger partial charge in [-0.25, -0.2) is 4.39 Å². The van der Waals surface area contributed by atoms with E-state index in [-0.39, 0.29) is 17.8 Å². The lowest BCUT2D eigenvalue weighted by Gasteiger charge is -2.27. The SMILES string of the molecule is CC1CCCC(C(=O)Nc2cccc(F)c2)N1. The summed E-state index contributed by atoms with van der Waals surface area (Å²) in [6, 6.07) is 6.16. The number of carbonyl (C=O) groups is 1. The van der Waals surface area contributed by atoms with Gasteiger partial charge in [0.05, 0.1) is 6.04 Å². The maximum atomic E-state index is 13.0. The van der Waals surface area contributed by atoms with Gasteiger partial charge in [0.2, 0.25) is 5.91 Å². The van der Waals surface area contributed by atoms with Crippen molar-refractivity contribution in [3.8, 4) is 0 Å². The van der Waals surface area contributed by atoms with Crippen LogP contribution in [0.25, 0.3) is 0 Å². The van der Waals surface area contributed by atoms with Gasteiger partial charge in [0.25, 0.3) is 0 Å². The lowest BCUT2D eigenvalue weighted by atomic mass is 9.99. The molecular weight excluding hydrogens is 219 g/mol. The summed E-state index contributed by atoms with van der Waals surface area (Å²) in [5.74, 6) is -0.421. The number of piperidine rings is 1. The second-order valence-electron chi connectivity index (χ2n) is 4.55. The maximum absolute atomic E-state index is 13.0. The first-order valence-corrected chi connectivity index (χ1v) is 5.97. The van der Waals surface area contributed by atoms with Crippen LogP contribution in [0.15, 0.2) is 24.3 Å². The molecule has 1 amide bonds. The van der Waals surface area contributed by atoms with E-state index in [1.54, 1.807) is 12.1 Å². The number of rotatable bonds is 2. The van der Waals surface area contributed by atoms with E-state index in [4.69, 9.17) is 0 Å². The van der Waals surface area contributed by atoms with E-state index in [1.807, 2.05) is 0 Å². The van der Waals surface area contributed by atoms with Gasteiger partial charge in [-0.2, -0.15) is 0 Å². The molecule has 0 spiro atoms. The number of nitrogens with one attached hydrogen (secondary N) is 2. The molecule has 1 fully saturated rings. The fraction of sp³-hybridized carbons (Fsp3) is 0.462. The van der Waals surface area contributed by atoms with Crippen LogP contribution in [-0.2, 0) is 4.79 Å². The Morgan fingerprint density at radius 3 is 3.00 bits per heavy atom. The van der Waals surface area contributed by atoms with Crippen LogP contribution in [0.5, 0.6) is 0 Å². The zero-order chi connectivity index (χ0) is 12.3. The van der Waals surface area contributed by atoms with Gasteiger partial charge in [-0.3, -0.25) is 4.79 Å². The van der Waals surface area contributed by atoms with Crippen LogP contribution in [0.2, 0.25) is 0 Å². The van der Waals surface area contributed by atoms with Crippen molar-refractivity contribution in [1.29, 1.82) is 0 Å². The lowest BCUT2D eigenvalue weighted by molar-refractivity contribution is -0.118. The summed E-state index contributed by atoms with van der Waals surface area (Å²) < 4.78 is 13.0. The minimum absolute atomic E-state index is 0.0813. The topological polar surface area (TPSA) is 41.1 Å². The highest BCUT2D eigenvalue weighted by Crippen LogP contribution is 2.15. The molecule has 0 aromatic heterocycles. The molecule has 17 heavy (non-hydrogen) atoms. The molecule has 2 N–H and O–H groups in total. The Balaban J connectivity index is 1.96. The third-order valence-electron chi connectivity index (χ3n) is 3.02. The summed E-state index contributed by atoms with van der Waals surface area (Å²) >= 11 is 0. The smallest absolute Gasteiger partial charge is 0.241 e. The summed E-state index contributed by atoms with van der Waals surface area (Å²) in [7, 11) is 0. The van der Waals surface area contributed by atoms with Crippen LogP contribution in [0.1, 0.15) is 26.2 Å². The van der Waals surface area contributed by atoms with Crippen molar-refractivity contribution in [1.82, 2.24) is 5.32 Å². The molecule has 0 radical (unpaired) electrons. The number of halogens is 1. The van der Waals surface area contributed by atoms with E-state index >= 15 is 0 Å². The van der Waals surface area contributed by atoms with E-state index < -0.39 is 0 Å². The molecule has 0 bridgehead atoms. The van der Waals surface area contributed by atoms with E-state index in [0.29, 0.717) is 11.7 Å². The summed E-state index contributed by atoms with van der Waals surface area (Å²) in [5, 5.41) is 5.98. The van der Waals surface area contributed by atoms with E-state index in [0.717, 1.165) is 19.3 Å². The number of hydrogen-bond acceptors (Lipinski definition) is 2. The van der Waals surface area contributed by atoms with E-state index in [1.165, 1.54) is 12.1 Å². The molecule has 2 unspecified atom stereocenters. The predicted molar refractivity (Wildman–Crippen MR) is 65.3 cm³/mol. The van der Waals surface area contributed by atoms with Crippen LogP contribution < -0.4 is 10.6 Å². The molecule has 2 atom stereocenters. The first-order chi connectivity index (χ1) is 8.15. The average Bonchev–Trinajstić information content (AvgIpc) is 2.29. The van der Waals surface area contributed by atoms with Crippen molar-refractivity contribution in [3.05, 3.63) is 30.1 Å². The monoisotopic (exact) mass is 236 g/mol. The molecule has 1 heterocycles. The highest BCUT2D eigenvalue weighted by Gasteiger charge is 2.23. The predicted octanol–water partition coefficient (Wildman–Crippen LogP) is 2.29. The quantitative estimate of drug-likeness (QED) is 0.827. The standard InChI is InChI=1S/C13H17FN2O/c1-9-4-2-7-12(15-9)13(17)16-11-6-3-5-10(14)8-11/h3,5-6,8-9,12,15H,2,4,7H2,1H3,(H,16,17). The van der Waals surface area contributed by atoms with Gasteiger partial charge in [0, 0.05) is 11.7 Å². The minimum Gasteiger partial charge on any atom is -0.325 e. The summed E-state index contributed by atoms with van der Waals surface area (Å²) in [4.78, 5) is 11.9. The summed E-state index contributed by atoms with van der Waals surface area (Å²) in [6.07, 6.45) is 2.99. The highest BCUT2D eigenvalue weighted by atomic mass is 19.1. The van der Waals surface area contributed by atoms with Crippen LogP contribution in [0, 0.1) is 5.82 Å². The van der Waals surface area contributed by atoms with Crippen LogP contribution in [0.4, 0.5) is 10.1 Å². The molecule has 0 aliphatic carbocycles. The van der Waals surface area contributed by atoms with E-state index in [2.05, 4.69) is 17.6 Å². The zero-order valence-corrected chi connectivity index (χ0v) is 9.87. The van der Waals surface area contributed by atoms with E-state index in [9.17, 15) is 9.18 Å². The van der Waals surface area contributed by atoms with Gasteiger partial charge in [0.15, 0.2) is 0 Å². The molecule has 4 heteroatoms. The molecular formula is C13H17FN2O. The third kappa shape index (κ3) is 3.27. The zero-order valence-electron chi connectivity index (χ0n) is 9.87. The average molecular weight is 236 g/mol. The first-order valence-electron chi connectivity index (χ1n) is 5.97. The Morgan fingerprint density at radius 2 is 2.29 bits per heavy atom. The lowest BCUT2D eigenvalue weighted by Crippen LogP contribution is -2.47. The fourth-order valence-electron chi connectivity index (χ4n) is 2.14. The molecule has 3 nitrogen and oxygen atoms in total. The largest absolute Gasteiger partial charge is 0.325 e. The van der Waals surface area contributed by atoms with Crippen LogP contribution in [-0.4, -0.2) is 18.0 Å². The molecule has 92 valence electrons. The van der Waals surface area contributed by atoms with Crippen molar-refractivity contribution in [2.75, 3.05) is 5.32 Å². The van der Waals surface area contributed by atoms with Gasteiger partial charge in [-0.1, -0.05) is 6.07 Å². The molecule has 2 rings (SSSR count). The molecule has 1 saturated heterocycles. The molecule has 1 aliphatic rings. The minimum atomic E-state index is -0.340. The summed E-state index contributed by atoms with van der Waals surface area (Å²) in [6.45, 7) is 2.07. The Kier molecular flexibility index (Phi) is 3.74. The van der Waals surface area contributed by atoms with Crippen LogP contribution >= 0.6 is 0 Å². The van der Waals surface area contributed by atoms with Crippen molar-refractivity contribution in [3.63, 3.8) is 0 Å². The molecule has 1 aliphatic heterocycles. The van der Waals surface area contributed by atoms with Gasteiger partial charge in [0.1, 0.15) is 5.82 Å².